The number of carbonyl (C=O) groups is 2. The van der Waals surface area contributed by atoms with Gasteiger partial charge in [-0.15, -0.1) is 0 Å². The Morgan fingerprint density at radius 3 is 2.50 bits per heavy atom. The van der Waals surface area contributed by atoms with Crippen LogP contribution in [0.25, 0.3) is 0 Å². The van der Waals surface area contributed by atoms with Crippen LogP contribution in [0.2, 0.25) is 0 Å². The van der Waals surface area contributed by atoms with Gasteiger partial charge in [0.2, 0.25) is 0 Å². The van der Waals surface area contributed by atoms with Crippen LogP contribution in [0.4, 0.5) is 4.79 Å². The van der Waals surface area contributed by atoms with Crippen LogP contribution in [0.1, 0.15) is 47.0 Å². The summed E-state index contributed by atoms with van der Waals surface area (Å²) in [7, 11) is 0. The Kier molecular flexibility index (Phi) is 5.60. The molecule has 2 amide bonds. The van der Waals surface area contributed by atoms with Crippen LogP contribution in [-0.2, 0) is 4.79 Å². The minimum absolute atomic E-state index is 0.0286. The number of aliphatic carboxylic acids is 1. The lowest BCUT2D eigenvalue weighted by molar-refractivity contribution is -0.137. The number of carboxylic acid groups (broad SMARTS) is 1. The third kappa shape index (κ3) is 4.87. The van der Waals surface area contributed by atoms with E-state index in [2.05, 4.69) is 32.2 Å². The zero-order valence-corrected chi connectivity index (χ0v) is 12.9. The maximum absolute atomic E-state index is 12.1. The molecule has 1 aliphatic rings. The van der Waals surface area contributed by atoms with E-state index in [1.165, 1.54) is 5.57 Å². The number of nitrogens with one attached hydrogen (secondary N) is 1. The van der Waals surface area contributed by atoms with Crippen molar-refractivity contribution in [3.8, 4) is 0 Å². The van der Waals surface area contributed by atoms with Crippen molar-refractivity contribution in [3.05, 3.63) is 11.6 Å². The molecule has 0 aromatic carbocycles. The SMILES string of the molecule is CCC(CC(=O)O)NC(=O)N1CC=C(C(C)(C)C)CC1. The monoisotopic (exact) mass is 282 g/mol. The number of urea groups is 1. The molecule has 0 saturated carbocycles. The van der Waals surface area contributed by atoms with Crippen LogP contribution in [-0.4, -0.2) is 41.1 Å². The number of nitrogens with zero attached hydrogens (tertiary/aromatic N) is 1. The van der Waals surface area contributed by atoms with Crippen molar-refractivity contribution >= 4 is 12.0 Å². The molecule has 1 heterocycles. The van der Waals surface area contributed by atoms with Gasteiger partial charge in [-0.1, -0.05) is 39.3 Å². The van der Waals surface area contributed by atoms with E-state index < -0.39 is 5.97 Å². The number of rotatable bonds is 4. The second-order valence-corrected chi connectivity index (χ2v) is 6.33. The fourth-order valence-corrected chi connectivity index (χ4v) is 2.31. The van der Waals surface area contributed by atoms with Crippen LogP contribution in [0.3, 0.4) is 0 Å². The van der Waals surface area contributed by atoms with E-state index in [4.69, 9.17) is 5.11 Å². The van der Waals surface area contributed by atoms with E-state index in [1.54, 1.807) is 4.90 Å². The average molecular weight is 282 g/mol. The van der Waals surface area contributed by atoms with Crippen molar-refractivity contribution in [2.45, 2.75) is 53.0 Å². The van der Waals surface area contributed by atoms with Crippen LogP contribution >= 0.6 is 0 Å². The highest BCUT2D eigenvalue weighted by Crippen LogP contribution is 2.29. The molecule has 0 aromatic heterocycles. The Bertz CT molecular complexity index is 396. The molecule has 0 saturated heterocycles. The van der Waals surface area contributed by atoms with E-state index in [0.717, 1.165) is 6.42 Å². The van der Waals surface area contributed by atoms with E-state index in [9.17, 15) is 9.59 Å². The van der Waals surface area contributed by atoms with E-state index in [-0.39, 0.29) is 23.9 Å². The molecule has 1 atom stereocenters. The Labute approximate surface area is 121 Å². The fourth-order valence-electron chi connectivity index (χ4n) is 2.31. The third-order valence-electron chi connectivity index (χ3n) is 3.70. The van der Waals surface area contributed by atoms with Crippen LogP contribution in [0, 0.1) is 5.41 Å². The molecule has 0 radical (unpaired) electrons. The van der Waals surface area contributed by atoms with Gasteiger partial charge in [0.05, 0.1) is 6.42 Å². The maximum atomic E-state index is 12.1. The molecule has 2 N–H and O–H groups in total. The summed E-state index contributed by atoms with van der Waals surface area (Å²) in [4.78, 5) is 24.5. The first-order valence-corrected chi connectivity index (χ1v) is 7.20. The smallest absolute Gasteiger partial charge is 0.317 e. The summed E-state index contributed by atoms with van der Waals surface area (Å²) in [5.41, 5.74) is 1.52. The van der Waals surface area contributed by atoms with Crippen molar-refractivity contribution in [3.63, 3.8) is 0 Å². The summed E-state index contributed by atoms with van der Waals surface area (Å²) >= 11 is 0. The Hall–Kier alpha value is -1.52. The summed E-state index contributed by atoms with van der Waals surface area (Å²) in [5.74, 6) is -0.884. The van der Waals surface area contributed by atoms with Gasteiger partial charge in [-0.25, -0.2) is 4.79 Å². The Balaban J connectivity index is 2.54. The predicted octanol–water partition coefficient (Wildman–Crippen LogP) is 2.63. The number of amides is 2. The van der Waals surface area contributed by atoms with E-state index >= 15 is 0 Å². The molecule has 1 rings (SSSR count). The van der Waals surface area contributed by atoms with Gasteiger partial charge in [0.1, 0.15) is 0 Å². The summed E-state index contributed by atoms with van der Waals surface area (Å²) < 4.78 is 0. The number of carboxylic acids is 1. The predicted molar refractivity (Wildman–Crippen MR) is 78.6 cm³/mol. The molecule has 0 bridgehead atoms. The van der Waals surface area contributed by atoms with Gasteiger partial charge < -0.3 is 15.3 Å². The molecule has 0 spiro atoms. The molecule has 1 unspecified atom stereocenters. The normalized spacial score (nSPS) is 17.4. The molecule has 0 fully saturated rings. The molecule has 114 valence electrons. The molecule has 5 nitrogen and oxygen atoms in total. The molecule has 0 aromatic rings. The van der Waals surface area contributed by atoms with Crippen molar-refractivity contribution in [2.75, 3.05) is 13.1 Å². The van der Waals surface area contributed by atoms with Crippen molar-refractivity contribution < 1.29 is 14.7 Å². The highest BCUT2D eigenvalue weighted by Gasteiger charge is 2.24. The lowest BCUT2D eigenvalue weighted by Gasteiger charge is -2.33. The van der Waals surface area contributed by atoms with Crippen molar-refractivity contribution in [1.82, 2.24) is 10.2 Å². The van der Waals surface area contributed by atoms with Gasteiger partial charge in [-0.05, 0) is 18.3 Å². The third-order valence-corrected chi connectivity index (χ3v) is 3.70. The van der Waals surface area contributed by atoms with Gasteiger partial charge in [-0.3, -0.25) is 4.79 Å². The maximum Gasteiger partial charge on any atom is 0.317 e. The summed E-state index contributed by atoms with van der Waals surface area (Å²) in [6.45, 7) is 9.69. The zero-order valence-electron chi connectivity index (χ0n) is 12.9. The van der Waals surface area contributed by atoms with Gasteiger partial charge in [-0.2, -0.15) is 0 Å². The summed E-state index contributed by atoms with van der Waals surface area (Å²) in [6, 6.07) is -0.463. The number of carbonyl (C=O) groups excluding carboxylic acids is 1. The first kappa shape index (κ1) is 16.5. The van der Waals surface area contributed by atoms with Gasteiger partial charge in [0.15, 0.2) is 0 Å². The van der Waals surface area contributed by atoms with Crippen LogP contribution in [0.15, 0.2) is 11.6 Å². The molecule has 20 heavy (non-hydrogen) atoms. The quantitative estimate of drug-likeness (QED) is 0.779. The second kappa shape index (κ2) is 6.77. The lowest BCUT2D eigenvalue weighted by atomic mass is 9.83. The highest BCUT2D eigenvalue weighted by atomic mass is 16.4. The molecule has 5 heteroatoms. The Morgan fingerprint density at radius 2 is 2.10 bits per heavy atom. The van der Waals surface area contributed by atoms with Gasteiger partial charge in [0, 0.05) is 19.1 Å². The first-order valence-electron chi connectivity index (χ1n) is 7.20. The van der Waals surface area contributed by atoms with Crippen LogP contribution < -0.4 is 5.32 Å². The zero-order chi connectivity index (χ0) is 15.3. The molecule has 0 aliphatic carbocycles. The largest absolute Gasteiger partial charge is 0.481 e. The van der Waals surface area contributed by atoms with Crippen molar-refractivity contribution in [1.29, 1.82) is 0 Å². The topological polar surface area (TPSA) is 69.6 Å². The highest BCUT2D eigenvalue weighted by molar-refractivity contribution is 5.76. The van der Waals surface area contributed by atoms with Crippen molar-refractivity contribution in [2.24, 2.45) is 5.41 Å². The van der Waals surface area contributed by atoms with Gasteiger partial charge in [0.25, 0.3) is 0 Å². The number of hydrogen-bond donors (Lipinski definition) is 2. The lowest BCUT2D eigenvalue weighted by Crippen LogP contribution is -2.47. The van der Waals surface area contributed by atoms with Crippen LogP contribution in [0.5, 0.6) is 0 Å². The van der Waals surface area contributed by atoms with Gasteiger partial charge >= 0.3 is 12.0 Å². The summed E-state index contributed by atoms with van der Waals surface area (Å²) in [6.07, 6.45) is 3.59. The number of hydrogen-bond acceptors (Lipinski definition) is 2. The van der Waals surface area contributed by atoms with E-state index in [1.807, 2.05) is 6.92 Å². The standard InChI is InChI=1S/C15H26N2O3/c1-5-12(10-13(18)19)16-14(20)17-8-6-11(7-9-17)15(2,3)4/h6,12H,5,7-10H2,1-4H3,(H,16,20)(H,18,19). The average Bonchev–Trinajstić information content (AvgIpc) is 2.36. The summed E-state index contributed by atoms with van der Waals surface area (Å²) in [5, 5.41) is 11.6. The minimum Gasteiger partial charge on any atom is -0.481 e. The minimum atomic E-state index is -0.884. The van der Waals surface area contributed by atoms with E-state index in [0.29, 0.717) is 19.5 Å². The molecular formula is C15H26N2O3. The Morgan fingerprint density at radius 1 is 1.45 bits per heavy atom. The molecular weight excluding hydrogens is 256 g/mol. The molecule has 1 aliphatic heterocycles. The fraction of sp³-hybridized carbons (Fsp3) is 0.733. The second-order valence-electron chi connectivity index (χ2n) is 6.33. The first-order chi connectivity index (χ1) is 9.24.